The summed E-state index contributed by atoms with van der Waals surface area (Å²) in [6.07, 6.45) is 0.134. The molecule has 2 rings (SSSR count). The van der Waals surface area contributed by atoms with Crippen LogP contribution in [0.4, 0.5) is 5.69 Å². The highest BCUT2D eigenvalue weighted by atomic mass is 16.5. The van der Waals surface area contributed by atoms with E-state index in [0.717, 1.165) is 29.3 Å². The molecular weight excluding hydrogens is 262 g/mol. The van der Waals surface area contributed by atoms with Gasteiger partial charge in [0.1, 0.15) is 0 Å². The summed E-state index contributed by atoms with van der Waals surface area (Å²) in [6.45, 7) is 6.87. The van der Waals surface area contributed by atoms with Crippen molar-refractivity contribution >= 4 is 5.69 Å². The fourth-order valence-corrected chi connectivity index (χ4v) is 2.14. The van der Waals surface area contributed by atoms with E-state index in [1.54, 1.807) is 7.11 Å². The van der Waals surface area contributed by atoms with Gasteiger partial charge in [-0.3, -0.25) is 0 Å². The minimum atomic E-state index is 0.134. The van der Waals surface area contributed by atoms with Gasteiger partial charge >= 0.3 is 0 Å². The quantitative estimate of drug-likeness (QED) is 0.853. The second kappa shape index (κ2) is 7.02. The first kappa shape index (κ1) is 15.2. The van der Waals surface area contributed by atoms with Crippen molar-refractivity contribution in [3.05, 3.63) is 53.6 Å². The van der Waals surface area contributed by atoms with E-state index >= 15 is 0 Å². The molecule has 0 fully saturated rings. The zero-order valence-corrected chi connectivity index (χ0v) is 13.1. The minimum absolute atomic E-state index is 0.134. The van der Waals surface area contributed by atoms with Crippen molar-refractivity contribution < 1.29 is 9.47 Å². The van der Waals surface area contributed by atoms with Crippen LogP contribution in [0.1, 0.15) is 25.0 Å². The Morgan fingerprint density at radius 3 is 2.48 bits per heavy atom. The van der Waals surface area contributed by atoms with Crippen LogP contribution < -0.4 is 14.8 Å². The molecule has 0 heterocycles. The molecule has 112 valence electrons. The summed E-state index contributed by atoms with van der Waals surface area (Å²) < 4.78 is 11.1. The summed E-state index contributed by atoms with van der Waals surface area (Å²) >= 11 is 0. The third-order valence-corrected chi connectivity index (χ3v) is 3.22. The maximum atomic E-state index is 5.73. The van der Waals surface area contributed by atoms with E-state index in [0.29, 0.717) is 0 Å². The number of anilines is 1. The zero-order chi connectivity index (χ0) is 15.2. The molecule has 0 atom stereocenters. The molecule has 0 aliphatic carbocycles. The van der Waals surface area contributed by atoms with Crippen molar-refractivity contribution in [2.24, 2.45) is 0 Å². The van der Waals surface area contributed by atoms with Crippen LogP contribution in [-0.4, -0.2) is 13.2 Å². The molecule has 2 aromatic carbocycles. The number of para-hydroxylation sites is 1. The van der Waals surface area contributed by atoms with Gasteiger partial charge in [-0.2, -0.15) is 0 Å². The summed E-state index contributed by atoms with van der Waals surface area (Å²) in [6, 6.07) is 14.3. The highest BCUT2D eigenvalue weighted by Crippen LogP contribution is 2.29. The monoisotopic (exact) mass is 285 g/mol. The number of rotatable bonds is 6. The van der Waals surface area contributed by atoms with Crippen LogP contribution in [0.5, 0.6) is 11.5 Å². The van der Waals surface area contributed by atoms with E-state index in [4.69, 9.17) is 9.47 Å². The van der Waals surface area contributed by atoms with Gasteiger partial charge in [0.25, 0.3) is 0 Å². The largest absolute Gasteiger partial charge is 0.493 e. The maximum Gasteiger partial charge on any atom is 0.161 e. The van der Waals surface area contributed by atoms with Gasteiger partial charge in [0.2, 0.25) is 0 Å². The molecule has 0 aromatic heterocycles. The molecule has 0 aliphatic rings. The fourth-order valence-electron chi connectivity index (χ4n) is 2.14. The van der Waals surface area contributed by atoms with Gasteiger partial charge in [-0.25, -0.2) is 0 Å². The normalized spacial score (nSPS) is 10.5. The standard InChI is InChI=1S/C18H23NO2/c1-13(2)21-17-10-9-15(11-18(17)20-4)12-19-16-8-6-5-7-14(16)3/h5-11,13,19H,12H2,1-4H3. The van der Waals surface area contributed by atoms with Crippen LogP contribution in [0.25, 0.3) is 0 Å². The van der Waals surface area contributed by atoms with E-state index in [-0.39, 0.29) is 6.10 Å². The third kappa shape index (κ3) is 4.15. The lowest BCUT2D eigenvalue weighted by Gasteiger charge is -2.15. The summed E-state index contributed by atoms with van der Waals surface area (Å²) in [4.78, 5) is 0. The molecule has 0 amide bonds. The Balaban J connectivity index is 2.09. The summed E-state index contributed by atoms with van der Waals surface area (Å²) in [5, 5.41) is 3.44. The first-order valence-electron chi connectivity index (χ1n) is 7.23. The second-order valence-corrected chi connectivity index (χ2v) is 5.32. The Morgan fingerprint density at radius 2 is 1.81 bits per heavy atom. The Morgan fingerprint density at radius 1 is 1.05 bits per heavy atom. The van der Waals surface area contributed by atoms with Crippen LogP contribution >= 0.6 is 0 Å². The molecule has 0 unspecified atom stereocenters. The van der Waals surface area contributed by atoms with E-state index in [2.05, 4.69) is 30.4 Å². The molecule has 0 saturated heterocycles. The lowest BCUT2D eigenvalue weighted by molar-refractivity contribution is 0.230. The van der Waals surface area contributed by atoms with E-state index < -0.39 is 0 Å². The predicted molar refractivity (Wildman–Crippen MR) is 87.3 cm³/mol. The van der Waals surface area contributed by atoms with Crippen LogP contribution in [0.15, 0.2) is 42.5 Å². The number of benzene rings is 2. The van der Waals surface area contributed by atoms with Gasteiger partial charge in [0.05, 0.1) is 13.2 Å². The first-order valence-corrected chi connectivity index (χ1v) is 7.23. The van der Waals surface area contributed by atoms with Gasteiger partial charge in [-0.05, 0) is 50.1 Å². The summed E-state index contributed by atoms with van der Waals surface area (Å²) in [5.41, 5.74) is 3.55. The molecule has 0 spiro atoms. The molecule has 0 radical (unpaired) electrons. The van der Waals surface area contributed by atoms with Crippen molar-refractivity contribution in [2.75, 3.05) is 12.4 Å². The smallest absolute Gasteiger partial charge is 0.161 e. The molecule has 0 aliphatic heterocycles. The summed E-state index contributed by atoms with van der Waals surface area (Å²) in [5.74, 6) is 1.56. The van der Waals surface area contributed by atoms with Crippen molar-refractivity contribution in [2.45, 2.75) is 33.4 Å². The van der Waals surface area contributed by atoms with Gasteiger partial charge in [-0.15, -0.1) is 0 Å². The van der Waals surface area contributed by atoms with Crippen molar-refractivity contribution in [3.8, 4) is 11.5 Å². The van der Waals surface area contributed by atoms with Gasteiger partial charge in [-0.1, -0.05) is 24.3 Å². The van der Waals surface area contributed by atoms with Crippen LogP contribution in [0.2, 0.25) is 0 Å². The second-order valence-electron chi connectivity index (χ2n) is 5.32. The van der Waals surface area contributed by atoms with Crippen molar-refractivity contribution in [3.63, 3.8) is 0 Å². The van der Waals surface area contributed by atoms with Crippen molar-refractivity contribution in [1.82, 2.24) is 0 Å². The number of ether oxygens (including phenoxy) is 2. The Kier molecular flexibility index (Phi) is 5.09. The van der Waals surface area contributed by atoms with Crippen LogP contribution in [0.3, 0.4) is 0 Å². The maximum absolute atomic E-state index is 5.73. The van der Waals surface area contributed by atoms with E-state index in [9.17, 15) is 0 Å². The van der Waals surface area contributed by atoms with E-state index in [1.165, 1.54) is 5.56 Å². The van der Waals surface area contributed by atoms with Gasteiger partial charge in [0.15, 0.2) is 11.5 Å². The number of hydrogen-bond acceptors (Lipinski definition) is 3. The lowest BCUT2D eigenvalue weighted by Crippen LogP contribution is -2.07. The number of methoxy groups -OCH3 is 1. The van der Waals surface area contributed by atoms with E-state index in [1.807, 2.05) is 38.1 Å². The molecule has 21 heavy (non-hydrogen) atoms. The number of aryl methyl sites for hydroxylation is 1. The summed E-state index contributed by atoms with van der Waals surface area (Å²) in [7, 11) is 1.67. The van der Waals surface area contributed by atoms with Crippen LogP contribution in [0, 0.1) is 6.92 Å². The van der Waals surface area contributed by atoms with Gasteiger partial charge in [0, 0.05) is 12.2 Å². The molecular formula is C18H23NO2. The van der Waals surface area contributed by atoms with Gasteiger partial charge < -0.3 is 14.8 Å². The number of nitrogens with one attached hydrogen (secondary N) is 1. The van der Waals surface area contributed by atoms with Crippen LogP contribution in [-0.2, 0) is 6.54 Å². The molecule has 0 bridgehead atoms. The molecule has 3 heteroatoms. The molecule has 1 N–H and O–H groups in total. The molecule has 0 saturated carbocycles. The Labute approximate surface area is 126 Å². The lowest BCUT2D eigenvalue weighted by atomic mass is 10.1. The topological polar surface area (TPSA) is 30.5 Å². The predicted octanol–water partition coefficient (Wildman–Crippen LogP) is 4.40. The first-order chi connectivity index (χ1) is 10.1. The average Bonchev–Trinajstić information content (AvgIpc) is 2.47. The SMILES string of the molecule is COc1cc(CNc2ccccc2C)ccc1OC(C)C. The highest BCUT2D eigenvalue weighted by molar-refractivity contribution is 5.51. The molecule has 2 aromatic rings. The highest BCUT2D eigenvalue weighted by Gasteiger charge is 2.07. The third-order valence-electron chi connectivity index (χ3n) is 3.22. The van der Waals surface area contributed by atoms with Crippen molar-refractivity contribution in [1.29, 1.82) is 0 Å². The Bertz CT molecular complexity index is 594. The zero-order valence-electron chi connectivity index (χ0n) is 13.1. The molecule has 3 nitrogen and oxygen atoms in total. The number of hydrogen-bond donors (Lipinski definition) is 1. The fraction of sp³-hybridized carbons (Fsp3) is 0.333. The Hall–Kier alpha value is -2.16. The minimum Gasteiger partial charge on any atom is -0.493 e. The average molecular weight is 285 g/mol.